The normalized spacial score (nSPS) is 14.8. The smallest absolute Gasteiger partial charge is 0.226 e. The van der Waals surface area contributed by atoms with E-state index in [0.717, 1.165) is 48.8 Å². The van der Waals surface area contributed by atoms with Gasteiger partial charge in [0.1, 0.15) is 5.75 Å². The van der Waals surface area contributed by atoms with Crippen LogP contribution in [0.4, 0.5) is 5.13 Å². The Hall–Kier alpha value is -2.48. The van der Waals surface area contributed by atoms with E-state index >= 15 is 0 Å². The number of ether oxygens (including phenoxy) is 2. The number of para-hydroxylation sites is 1. The summed E-state index contributed by atoms with van der Waals surface area (Å²) in [5, 5.41) is 3.57. The molecule has 0 bridgehead atoms. The highest BCUT2D eigenvalue weighted by atomic mass is 32.1. The maximum absolute atomic E-state index is 12.2. The zero-order valence-electron chi connectivity index (χ0n) is 16.3. The second-order valence-electron chi connectivity index (χ2n) is 7.02. The lowest BCUT2D eigenvalue weighted by Gasteiger charge is -2.26. The third-order valence-electron chi connectivity index (χ3n) is 4.77. The molecule has 3 aromatic rings. The van der Waals surface area contributed by atoms with E-state index in [9.17, 15) is 4.79 Å². The summed E-state index contributed by atoms with van der Waals surface area (Å²) in [6, 6.07) is 16.0. The van der Waals surface area contributed by atoms with Crippen molar-refractivity contribution in [2.45, 2.75) is 19.4 Å². The van der Waals surface area contributed by atoms with Crippen molar-refractivity contribution in [1.82, 2.24) is 9.88 Å². The van der Waals surface area contributed by atoms with Crippen LogP contribution in [0.2, 0.25) is 0 Å². The molecular weight excluding hydrogens is 386 g/mol. The van der Waals surface area contributed by atoms with Crippen LogP contribution in [0.1, 0.15) is 18.4 Å². The molecule has 1 aliphatic heterocycles. The first-order valence-electron chi connectivity index (χ1n) is 9.93. The first-order chi connectivity index (χ1) is 14.3. The Labute approximate surface area is 174 Å². The van der Waals surface area contributed by atoms with E-state index in [0.29, 0.717) is 24.6 Å². The highest BCUT2D eigenvalue weighted by Crippen LogP contribution is 2.27. The number of benzene rings is 2. The van der Waals surface area contributed by atoms with E-state index in [1.807, 2.05) is 36.4 Å². The van der Waals surface area contributed by atoms with Crippen LogP contribution in [0, 0.1) is 0 Å². The fraction of sp³-hybridized carbons (Fsp3) is 0.364. The number of aromatic nitrogens is 1. The van der Waals surface area contributed by atoms with Gasteiger partial charge in [-0.15, -0.1) is 0 Å². The average Bonchev–Trinajstić information content (AvgIpc) is 3.14. The molecule has 2 heterocycles. The highest BCUT2D eigenvalue weighted by molar-refractivity contribution is 7.22. The first-order valence-corrected chi connectivity index (χ1v) is 10.8. The van der Waals surface area contributed by atoms with E-state index in [1.165, 1.54) is 16.9 Å². The molecule has 0 radical (unpaired) electrons. The minimum atomic E-state index is -0.0331. The van der Waals surface area contributed by atoms with Gasteiger partial charge in [0, 0.05) is 26.1 Å². The standard InChI is InChI=1S/C22H25N3O3S/c26-21(7-4-12-28-18-5-2-1-3-6-18)24-22-23-19-9-8-17(15-20(19)29-22)16-25-10-13-27-14-11-25/h1-3,5-6,8-9,15H,4,7,10-14,16H2,(H,23,24,26). The Kier molecular flexibility index (Phi) is 6.71. The lowest BCUT2D eigenvalue weighted by atomic mass is 10.2. The number of rotatable bonds is 8. The summed E-state index contributed by atoms with van der Waals surface area (Å²) >= 11 is 1.52. The van der Waals surface area contributed by atoms with Crippen LogP contribution < -0.4 is 10.1 Å². The molecule has 1 saturated heterocycles. The number of thiazole rings is 1. The molecule has 0 atom stereocenters. The Morgan fingerprint density at radius 3 is 2.83 bits per heavy atom. The van der Waals surface area contributed by atoms with Gasteiger partial charge in [0.2, 0.25) is 5.91 Å². The van der Waals surface area contributed by atoms with Crippen molar-refractivity contribution in [2.24, 2.45) is 0 Å². The van der Waals surface area contributed by atoms with Gasteiger partial charge in [-0.05, 0) is 36.2 Å². The summed E-state index contributed by atoms with van der Waals surface area (Å²) in [6.07, 6.45) is 1.07. The molecule has 1 aromatic heterocycles. The number of carbonyl (C=O) groups is 1. The summed E-state index contributed by atoms with van der Waals surface area (Å²) in [5.41, 5.74) is 2.18. The van der Waals surface area contributed by atoms with Gasteiger partial charge in [-0.1, -0.05) is 35.6 Å². The Morgan fingerprint density at radius 1 is 1.17 bits per heavy atom. The Morgan fingerprint density at radius 2 is 2.00 bits per heavy atom. The molecule has 1 N–H and O–H groups in total. The topological polar surface area (TPSA) is 63.7 Å². The van der Waals surface area contributed by atoms with Crippen molar-refractivity contribution in [3.8, 4) is 5.75 Å². The number of nitrogens with zero attached hydrogens (tertiary/aromatic N) is 2. The van der Waals surface area contributed by atoms with Crippen LogP contribution in [0.3, 0.4) is 0 Å². The number of hydrogen-bond acceptors (Lipinski definition) is 6. The van der Waals surface area contributed by atoms with Crippen molar-refractivity contribution >= 4 is 32.6 Å². The monoisotopic (exact) mass is 411 g/mol. The van der Waals surface area contributed by atoms with Gasteiger partial charge in [-0.3, -0.25) is 9.69 Å². The van der Waals surface area contributed by atoms with Gasteiger partial charge in [0.25, 0.3) is 0 Å². The second kappa shape index (κ2) is 9.82. The summed E-state index contributed by atoms with van der Waals surface area (Å²) in [4.78, 5) is 19.1. The molecule has 0 spiro atoms. The number of fused-ring (bicyclic) bond motifs is 1. The van der Waals surface area contributed by atoms with Gasteiger partial charge >= 0.3 is 0 Å². The maximum atomic E-state index is 12.2. The number of anilines is 1. The molecule has 4 rings (SSSR count). The summed E-state index contributed by atoms with van der Waals surface area (Å²) in [5.74, 6) is 0.793. The lowest BCUT2D eigenvalue weighted by Crippen LogP contribution is -2.35. The predicted octanol–water partition coefficient (Wildman–Crippen LogP) is 3.93. The number of hydrogen-bond donors (Lipinski definition) is 1. The largest absolute Gasteiger partial charge is 0.494 e. The van der Waals surface area contributed by atoms with Crippen molar-refractivity contribution in [2.75, 3.05) is 38.2 Å². The highest BCUT2D eigenvalue weighted by Gasteiger charge is 2.12. The summed E-state index contributed by atoms with van der Waals surface area (Å²) < 4.78 is 12.1. The Balaban J connectivity index is 1.26. The average molecular weight is 412 g/mol. The molecule has 1 amide bonds. The van der Waals surface area contributed by atoms with Crippen molar-refractivity contribution < 1.29 is 14.3 Å². The van der Waals surface area contributed by atoms with E-state index < -0.39 is 0 Å². The molecule has 7 heteroatoms. The van der Waals surface area contributed by atoms with Crippen LogP contribution in [0.25, 0.3) is 10.2 Å². The molecule has 0 unspecified atom stereocenters. The molecule has 152 valence electrons. The molecule has 2 aromatic carbocycles. The van der Waals surface area contributed by atoms with Crippen molar-refractivity contribution in [1.29, 1.82) is 0 Å². The lowest BCUT2D eigenvalue weighted by molar-refractivity contribution is -0.116. The van der Waals surface area contributed by atoms with E-state index in [4.69, 9.17) is 9.47 Å². The van der Waals surface area contributed by atoms with Crippen LogP contribution in [0.5, 0.6) is 5.75 Å². The zero-order valence-corrected chi connectivity index (χ0v) is 17.1. The second-order valence-corrected chi connectivity index (χ2v) is 8.05. The molecule has 29 heavy (non-hydrogen) atoms. The fourth-order valence-electron chi connectivity index (χ4n) is 3.26. The fourth-order valence-corrected chi connectivity index (χ4v) is 4.21. The first kappa shape index (κ1) is 19.8. The third-order valence-corrected chi connectivity index (χ3v) is 5.70. The van der Waals surface area contributed by atoms with Crippen LogP contribution in [-0.2, 0) is 16.1 Å². The maximum Gasteiger partial charge on any atom is 0.226 e. The Bertz CT molecular complexity index is 939. The van der Waals surface area contributed by atoms with Crippen LogP contribution >= 0.6 is 11.3 Å². The van der Waals surface area contributed by atoms with Crippen LogP contribution in [0.15, 0.2) is 48.5 Å². The summed E-state index contributed by atoms with van der Waals surface area (Å²) in [6.45, 7) is 4.97. The predicted molar refractivity (Wildman–Crippen MR) is 116 cm³/mol. The van der Waals surface area contributed by atoms with E-state index in [1.54, 1.807) is 0 Å². The number of amides is 1. The minimum Gasteiger partial charge on any atom is -0.494 e. The number of carbonyl (C=O) groups excluding carboxylic acids is 1. The van der Waals surface area contributed by atoms with Crippen molar-refractivity contribution in [3.05, 3.63) is 54.1 Å². The van der Waals surface area contributed by atoms with Crippen LogP contribution in [-0.4, -0.2) is 48.7 Å². The molecular formula is C22H25N3O3S. The quantitative estimate of drug-likeness (QED) is 0.569. The van der Waals surface area contributed by atoms with Gasteiger partial charge in [0.15, 0.2) is 5.13 Å². The van der Waals surface area contributed by atoms with Crippen molar-refractivity contribution in [3.63, 3.8) is 0 Å². The molecule has 1 fully saturated rings. The van der Waals surface area contributed by atoms with Gasteiger partial charge in [0.05, 0.1) is 30.0 Å². The number of morpholine rings is 1. The number of nitrogens with one attached hydrogen (secondary N) is 1. The minimum absolute atomic E-state index is 0.0331. The molecule has 0 aliphatic carbocycles. The van der Waals surface area contributed by atoms with E-state index in [2.05, 4.69) is 27.3 Å². The molecule has 1 aliphatic rings. The van der Waals surface area contributed by atoms with Gasteiger partial charge in [-0.2, -0.15) is 0 Å². The zero-order chi connectivity index (χ0) is 19.9. The summed E-state index contributed by atoms with van der Waals surface area (Å²) in [7, 11) is 0. The van der Waals surface area contributed by atoms with Gasteiger partial charge < -0.3 is 14.8 Å². The van der Waals surface area contributed by atoms with E-state index in [-0.39, 0.29) is 5.91 Å². The molecule has 6 nitrogen and oxygen atoms in total. The van der Waals surface area contributed by atoms with Gasteiger partial charge in [-0.25, -0.2) is 4.98 Å². The third kappa shape index (κ3) is 5.76. The molecule has 0 saturated carbocycles. The SMILES string of the molecule is O=C(CCCOc1ccccc1)Nc1nc2ccc(CN3CCOCC3)cc2s1.